The van der Waals surface area contributed by atoms with Gasteiger partial charge in [0.15, 0.2) is 0 Å². The van der Waals surface area contributed by atoms with Crippen LogP contribution in [0.4, 0.5) is 17.1 Å². The summed E-state index contributed by atoms with van der Waals surface area (Å²) in [7, 11) is 0. The molecule has 0 aliphatic heterocycles. The van der Waals surface area contributed by atoms with Gasteiger partial charge in [0, 0.05) is 38.7 Å². The van der Waals surface area contributed by atoms with E-state index >= 15 is 0 Å². The van der Waals surface area contributed by atoms with E-state index in [4.69, 9.17) is 9.52 Å². The average molecular weight is 646 g/mol. The molecule has 0 unspecified atom stereocenters. The van der Waals surface area contributed by atoms with Crippen LogP contribution in [0.15, 0.2) is 150 Å². The van der Waals surface area contributed by atoms with Gasteiger partial charge in [0.1, 0.15) is 22.7 Å². The molecule has 0 bridgehead atoms. The van der Waals surface area contributed by atoms with Crippen LogP contribution < -0.4 is 4.90 Å². The molecule has 4 nitrogen and oxygen atoms in total. The average Bonchev–Trinajstić information content (AvgIpc) is 3.54. The third-order valence-corrected chi connectivity index (χ3v) is 10.7. The molecule has 10 rings (SSSR count). The summed E-state index contributed by atoms with van der Waals surface area (Å²) in [6, 6.07) is 35.4. The maximum atomic E-state index is 6.39. The molecule has 0 N–H and O–H groups in total. The number of furan rings is 1. The van der Waals surface area contributed by atoms with Crippen LogP contribution in [0.1, 0.15) is 48.4 Å². The minimum atomic E-state index is -0.0830. The zero-order valence-electron chi connectivity index (χ0n) is 28.1. The van der Waals surface area contributed by atoms with Gasteiger partial charge in [-0.3, -0.25) is 0 Å². The lowest BCUT2D eigenvalue weighted by atomic mass is 9.82. The van der Waals surface area contributed by atoms with Crippen molar-refractivity contribution in [3.63, 3.8) is 0 Å². The topological polar surface area (TPSA) is 33.7 Å². The first-order valence-corrected chi connectivity index (χ1v) is 17.4. The summed E-state index contributed by atoms with van der Waals surface area (Å²) in [6.45, 7) is 4.67. The molecule has 0 radical (unpaired) electrons. The largest absolute Gasteiger partial charge is 0.456 e. The van der Waals surface area contributed by atoms with Crippen molar-refractivity contribution in [3.8, 4) is 11.1 Å². The first kappa shape index (κ1) is 28.8. The summed E-state index contributed by atoms with van der Waals surface area (Å²) in [5, 5.41) is 7.71. The Hall–Kier alpha value is -6.13. The van der Waals surface area contributed by atoms with E-state index in [1.54, 1.807) is 0 Å². The van der Waals surface area contributed by atoms with Crippen molar-refractivity contribution < 1.29 is 4.42 Å². The number of anilines is 3. The molecule has 0 fully saturated rings. The monoisotopic (exact) mass is 645 g/mol. The van der Waals surface area contributed by atoms with Gasteiger partial charge in [-0.05, 0) is 83.6 Å². The lowest BCUT2D eigenvalue weighted by Crippen LogP contribution is -2.15. The summed E-state index contributed by atoms with van der Waals surface area (Å²) in [5.74, 6) is 0.925. The van der Waals surface area contributed by atoms with Crippen LogP contribution in [0.2, 0.25) is 0 Å². The maximum absolute atomic E-state index is 6.39. The van der Waals surface area contributed by atoms with E-state index in [-0.39, 0.29) is 5.41 Å². The fourth-order valence-electron chi connectivity index (χ4n) is 8.20. The summed E-state index contributed by atoms with van der Waals surface area (Å²) < 4.78 is 8.51. The second-order valence-electron chi connectivity index (χ2n) is 13.9. The maximum Gasteiger partial charge on any atom is 0.135 e. The van der Waals surface area contributed by atoms with Crippen molar-refractivity contribution in [2.24, 2.45) is 0 Å². The number of pyridine rings is 1. The van der Waals surface area contributed by atoms with Crippen LogP contribution in [-0.2, 0) is 11.8 Å². The molecule has 4 aromatic carbocycles. The molecule has 240 valence electrons. The quantitative estimate of drug-likeness (QED) is 0.191. The number of fused-ring (bicyclic) bond motifs is 9. The number of para-hydroxylation sites is 1. The van der Waals surface area contributed by atoms with E-state index < -0.39 is 0 Å². The summed E-state index contributed by atoms with van der Waals surface area (Å²) in [6.07, 6.45) is 21.1. The smallest absolute Gasteiger partial charge is 0.135 e. The number of benzene rings is 4. The Labute approximate surface area is 291 Å². The predicted octanol–water partition coefficient (Wildman–Crippen LogP) is 12.0. The number of nitrogens with zero attached hydrogens (tertiary/aromatic N) is 3. The second kappa shape index (κ2) is 10.9. The van der Waals surface area contributed by atoms with Crippen LogP contribution in [0, 0.1) is 0 Å². The normalized spacial score (nSPS) is 15.6. The van der Waals surface area contributed by atoms with Crippen molar-refractivity contribution in [2.45, 2.75) is 32.1 Å². The van der Waals surface area contributed by atoms with Crippen LogP contribution in [0.5, 0.6) is 0 Å². The third-order valence-electron chi connectivity index (χ3n) is 10.7. The SMILES string of the molecule is CC1(C)c2ccccc2-c2cc(N(c3ccc4oc5c(c4c3)CC=CC=C5)c3c(C4=CC=CCC=C4)nn4c3ccc3ccccc34)ccc21. The van der Waals surface area contributed by atoms with Crippen molar-refractivity contribution >= 4 is 56.1 Å². The first-order chi connectivity index (χ1) is 24.6. The molecule has 0 amide bonds. The highest BCUT2D eigenvalue weighted by Crippen LogP contribution is 2.52. The molecule has 0 saturated heterocycles. The number of aromatic nitrogens is 2. The zero-order valence-corrected chi connectivity index (χ0v) is 28.1. The van der Waals surface area contributed by atoms with Crippen molar-refractivity contribution in [2.75, 3.05) is 4.90 Å². The minimum absolute atomic E-state index is 0.0830. The molecule has 3 heterocycles. The molecule has 0 saturated carbocycles. The van der Waals surface area contributed by atoms with Crippen LogP contribution in [0.25, 0.3) is 50.2 Å². The molecular formula is C46H35N3O. The Balaban J connectivity index is 1.30. The zero-order chi connectivity index (χ0) is 33.4. The fourth-order valence-corrected chi connectivity index (χ4v) is 8.20. The molecule has 0 atom stereocenters. The fraction of sp³-hybridized carbons (Fsp3) is 0.109. The van der Waals surface area contributed by atoms with E-state index in [0.717, 1.165) is 74.3 Å². The van der Waals surface area contributed by atoms with Gasteiger partial charge in [0.05, 0.1) is 11.0 Å². The number of hydrogen-bond donors (Lipinski definition) is 0. The van der Waals surface area contributed by atoms with Crippen molar-refractivity contribution in [3.05, 3.63) is 174 Å². The first-order valence-electron chi connectivity index (χ1n) is 17.4. The highest BCUT2D eigenvalue weighted by Gasteiger charge is 2.36. The summed E-state index contributed by atoms with van der Waals surface area (Å²) in [4.78, 5) is 2.42. The number of rotatable bonds is 4. The van der Waals surface area contributed by atoms with E-state index in [2.05, 4.69) is 175 Å². The Morgan fingerprint density at radius 3 is 2.52 bits per heavy atom. The van der Waals surface area contributed by atoms with Gasteiger partial charge in [-0.15, -0.1) is 0 Å². The van der Waals surface area contributed by atoms with E-state index in [9.17, 15) is 0 Å². The number of hydrogen-bond acceptors (Lipinski definition) is 3. The molecule has 3 aromatic heterocycles. The van der Waals surface area contributed by atoms with E-state index in [0.29, 0.717) is 0 Å². The molecule has 0 spiro atoms. The Morgan fingerprint density at radius 2 is 1.56 bits per heavy atom. The van der Waals surface area contributed by atoms with Gasteiger partial charge in [-0.25, -0.2) is 4.52 Å². The van der Waals surface area contributed by atoms with Crippen molar-refractivity contribution in [1.29, 1.82) is 0 Å². The molecular weight excluding hydrogens is 611 g/mol. The standard InChI is InChI=1S/C46H35N3O/c1-46(2)38-19-12-11-17-34(38)36-28-32(23-25-39(36)46)48(33-24-27-43-37(29-33)35-18-8-5-9-21-42(35)50-43)45-41-26-22-30-14-10-13-20-40(30)49(41)47-44(45)31-15-6-3-4-7-16-31/h3,5-17,19-29H,4,18H2,1-2H3. The van der Waals surface area contributed by atoms with E-state index in [1.165, 1.54) is 27.8 Å². The van der Waals surface area contributed by atoms with Gasteiger partial charge in [-0.1, -0.05) is 117 Å². The molecule has 3 aliphatic rings. The van der Waals surface area contributed by atoms with E-state index in [1.807, 2.05) is 0 Å². The predicted molar refractivity (Wildman–Crippen MR) is 207 cm³/mol. The van der Waals surface area contributed by atoms with Gasteiger partial charge in [0.25, 0.3) is 0 Å². The van der Waals surface area contributed by atoms with Gasteiger partial charge < -0.3 is 9.32 Å². The molecule has 3 aliphatic carbocycles. The highest BCUT2D eigenvalue weighted by atomic mass is 16.3. The van der Waals surface area contributed by atoms with Crippen molar-refractivity contribution in [1.82, 2.24) is 9.61 Å². The van der Waals surface area contributed by atoms with Crippen LogP contribution >= 0.6 is 0 Å². The highest BCUT2D eigenvalue weighted by molar-refractivity contribution is 6.01. The Bertz CT molecular complexity index is 2690. The second-order valence-corrected chi connectivity index (χ2v) is 13.9. The van der Waals surface area contributed by atoms with Gasteiger partial charge in [-0.2, -0.15) is 5.10 Å². The molecule has 7 aromatic rings. The number of allylic oxidation sites excluding steroid dienone is 9. The molecule has 4 heteroatoms. The molecule has 50 heavy (non-hydrogen) atoms. The Morgan fingerprint density at radius 1 is 0.720 bits per heavy atom. The van der Waals surface area contributed by atoms with Gasteiger partial charge in [0.2, 0.25) is 0 Å². The van der Waals surface area contributed by atoms with Crippen LogP contribution in [-0.4, -0.2) is 9.61 Å². The van der Waals surface area contributed by atoms with Gasteiger partial charge >= 0.3 is 0 Å². The van der Waals surface area contributed by atoms with Crippen LogP contribution in [0.3, 0.4) is 0 Å². The Kier molecular flexibility index (Phi) is 6.31. The minimum Gasteiger partial charge on any atom is -0.456 e. The summed E-state index contributed by atoms with van der Waals surface area (Å²) >= 11 is 0. The third kappa shape index (κ3) is 4.28. The summed E-state index contributed by atoms with van der Waals surface area (Å²) in [5.41, 5.74) is 14.6. The lowest BCUT2D eigenvalue weighted by molar-refractivity contribution is 0.600. The lowest BCUT2D eigenvalue weighted by Gasteiger charge is -2.27.